The van der Waals surface area contributed by atoms with Crippen LogP contribution in [0.3, 0.4) is 0 Å². The van der Waals surface area contributed by atoms with Crippen LogP contribution in [0.2, 0.25) is 5.02 Å². The van der Waals surface area contributed by atoms with Gasteiger partial charge in [0.05, 0.1) is 28.9 Å². The number of aliphatic hydroxyl groups is 1. The fraction of sp³-hybridized carbons (Fsp3) is 0.360. The van der Waals surface area contributed by atoms with Crippen LogP contribution in [0.15, 0.2) is 42.9 Å². The number of aromatic amines is 1. The van der Waals surface area contributed by atoms with Gasteiger partial charge in [-0.2, -0.15) is 0 Å². The number of fused-ring (bicyclic) bond motifs is 2. The second-order valence-corrected chi connectivity index (χ2v) is 8.97. The fourth-order valence-corrected chi connectivity index (χ4v) is 4.68. The molecule has 0 radical (unpaired) electrons. The third kappa shape index (κ3) is 4.75. The molecule has 0 bridgehead atoms. The second kappa shape index (κ2) is 10.0. The Bertz CT molecular complexity index is 1290. The van der Waals surface area contributed by atoms with Gasteiger partial charge in [-0.1, -0.05) is 30.2 Å². The molecule has 1 aliphatic rings. The van der Waals surface area contributed by atoms with E-state index in [1.165, 1.54) is 25.6 Å². The maximum atomic E-state index is 10.5. The molecule has 9 heteroatoms. The van der Waals surface area contributed by atoms with Crippen molar-refractivity contribution in [3.8, 4) is 11.5 Å². The minimum absolute atomic E-state index is 0.185. The van der Waals surface area contributed by atoms with Crippen LogP contribution in [0, 0.1) is 0 Å². The summed E-state index contributed by atoms with van der Waals surface area (Å²) in [5.74, 6) is 1.73. The first kappa shape index (κ1) is 22.7. The van der Waals surface area contributed by atoms with E-state index in [1.807, 2.05) is 30.3 Å². The maximum absolute atomic E-state index is 10.5. The largest absolute Gasteiger partial charge is 0.493 e. The number of aromatic nitrogens is 3. The Kier molecular flexibility index (Phi) is 6.71. The zero-order valence-corrected chi connectivity index (χ0v) is 19.8. The highest BCUT2D eigenvalue weighted by Crippen LogP contribution is 2.36. The summed E-state index contributed by atoms with van der Waals surface area (Å²) in [6.07, 6.45) is 6.34. The van der Waals surface area contributed by atoms with Gasteiger partial charge in [-0.15, -0.1) is 0 Å². The summed E-state index contributed by atoms with van der Waals surface area (Å²) in [6, 6.07) is 9.54. The lowest BCUT2D eigenvalue weighted by atomic mass is 10.1. The van der Waals surface area contributed by atoms with Crippen LogP contribution in [0.25, 0.3) is 21.8 Å². The molecule has 4 aromatic rings. The number of likely N-dealkylation sites (tertiary alicyclic amines) is 1. The van der Waals surface area contributed by atoms with E-state index in [0.717, 1.165) is 35.1 Å². The van der Waals surface area contributed by atoms with Crippen molar-refractivity contribution in [1.82, 2.24) is 19.9 Å². The average Bonchev–Trinajstić information content (AvgIpc) is 3.24. The predicted molar refractivity (Wildman–Crippen MR) is 134 cm³/mol. The summed E-state index contributed by atoms with van der Waals surface area (Å²) in [6.45, 7) is 2.86. The van der Waals surface area contributed by atoms with Gasteiger partial charge in [0.25, 0.3) is 0 Å². The van der Waals surface area contributed by atoms with Crippen molar-refractivity contribution in [3.63, 3.8) is 0 Å². The van der Waals surface area contributed by atoms with Gasteiger partial charge >= 0.3 is 0 Å². The van der Waals surface area contributed by atoms with Gasteiger partial charge < -0.3 is 29.8 Å². The molecule has 5 rings (SSSR count). The van der Waals surface area contributed by atoms with Crippen molar-refractivity contribution in [3.05, 3.63) is 47.9 Å². The first-order chi connectivity index (χ1) is 16.6. The molecule has 3 heterocycles. The van der Waals surface area contributed by atoms with Gasteiger partial charge in [0.1, 0.15) is 24.9 Å². The number of para-hydroxylation sites is 1. The standard InChI is InChI=1S/C25H28ClN5O3/c1-33-22-10-18-21(11-23(22)34-14-16(32)13-31-8-3-2-4-9-31)28-15-29-25(18)30-20-7-5-6-17-19(26)12-27-24(17)20/h5-7,10-12,15-16,27,32H,2-4,8-9,13-14H2,1H3,(H,28,29,30)/t16-/m0/s1. The van der Waals surface area contributed by atoms with Crippen molar-refractivity contribution in [2.75, 3.05) is 38.7 Å². The molecule has 1 aliphatic heterocycles. The highest BCUT2D eigenvalue weighted by Gasteiger charge is 2.17. The topological polar surface area (TPSA) is 95.5 Å². The summed E-state index contributed by atoms with van der Waals surface area (Å²) in [4.78, 5) is 14.4. The second-order valence-electron chi connectivity index (χ2n) is 8.56. The maximum Gasteiger partial charge on any atom is 0.163 e. The van der Waals surface area contributed by atoms with E-state index >= 15 is 0 Å². The third-order valence-electron chi connectivity index (χ3n) is 6.19. The summed E-state index contributed by atoms with van der Waals surface area (Å²) in [5, 5.41) is 16.3. The van der Waals surface area contributed by atoms with Crippen LogP contribution < -0.4 is 14.8 Å². The molecule has 0 spiro atoms. The molecule has 2 aromatic carbocycles. The Balaban J connectivity index is 1.37. The number of aliphatic hydroxyl groups excluding tert-OH is 1. The predicted octanol–water partition coefficient (Wildman–Crippen LogP) is 4.74. The van der Waals surface area contributed by atoms with E-state index in [9.17, 15) is 5.11 Å². The van der Waals surface area contributed by atoms with Gasteiger partial charge in [-0.05, 0) is 38.1 Å². The Morgan fingerprint density at radius 2 is 2.00 bits per heavy atom. The van der Waals surface area contributed by atoms with Crippen molar-refractivity contribution < 1.29 is 14.6 Å². The molecule has 0 amide bonds. The van der Waals surface area contributed by atoms with E-state index in [1.54, 1.807) is 13.3 Å². The molecule has 1 saturated heterocycles. The molecular weight excluding hydrogens is 454 g/mol. The number of halogens is 1. The number of β-amino-alcohol motifs (C(OH)–C–C–N with tert-alkyl or cyclic N) is 1. The number of piperidine rings is 1. The Morgan fingerprint density at radius 3 is 2.82 bits per heavy atom. The van der Waals surface area contributed by atoms with E-state index in [4.69, 9.17) is 21.1 Å². The minimum atomic E-state index is -0.575. The number of nitrogens with zero attached hydrogens (tertiary/aromatic N) is 3. The zero-order chi connectivity index (χ0) is 23.5. The number of hydrogen-bond acceptors (Lipinski definition) is 7. The minimum Gasteiger partial charge on any atom is -0.493 e. The number of rotatable bonds is 8. The molecule has 0 unspecified atom stereocenters. The lowest BCUT2D eigenvalue weighted by Crippen LogP contribution is -2.38. The molecule has 8 nitrogen and oxygen atoms in total. The van der Waals surface area contributed by atoms with Gasteiger partial charge in [0, 0.05) is 29.6 Å². The first-order valence-electron chi connectivity index (χ1n) is 11.5. The third-order valence-corrected chi connectivity index (χ3v) is 6.50. The van der Waals surface area contributed by atoms with Crippen LogP contribution in [0.5, 0.6) is 11.5 Å². The average molecular weight is 482 g/mol. The van der Waals surface area contributed by atoms with Crippen molar-refractivity contribution in [1.29, 1.82) is 0 Å². The van der Waals surface area contributed by atoms with Crippen LogP contribution in [0.4, 0.5) is 11.5 Å². The molecule has 0 aliphatic carbocycles. The van der Waals surface area contributed by atoms with Gasteiger partial charge in [0.2, 0.25) is 0 Å². The van der Waals surface area contributed by atoms with Crippen LogP contribution >= 0.6 is 11.6 Å². The molecule has 2 aromatic heterocycles. The molecule has 178 valence electrons. The fourth-order valence-electron chi connectivity index (χ4n) is 4.47. The summed E-state index contributed by atoms with van der Waals surface area (Å²) < 4.78 is 11.5. The Hall–Kier alpha value is -3.07. The van der Waals surface area contributed by atoms with Crippen LogP contribution in [0.1, 0.15) is 19.3 Å². The van der Waals surface area contributed by atoms with E-state index < -0.39 is 6.10 Å². The molecule has 34 heavy (non-hydrogen) atoms. The van der Waals surface area contributed by atoms with E-state index in [2.05, 4.69) is 25.2 Å². The van der Waals surface area contributed by atoms with E-state index in [-0.39, 0.29) is 6.61 Å². The van der Waals surface area contributed by atoms with Crippen LogP contribution in [-0.2, 0) is 0 Å². The summed E-state index contributed by atoms with van der Waals surface area (Å²) >= 11 is 6.27. The molecule has 1 fully saturated rings. The normalized spacial score (nSPS) is 15.5. The number of ether oxygens (including phenoxy) is 2. The van der Waals surface area contributed by atoms with Gasteiger partial charge in [-0.3, -0.25) is 0 Å². The van der Waals surface area contributed by atoms with Gasteiger partial charge in [0.15, 0.2) is 11.5 Å². The van der Waals surface area contributed by atoms with Gasteiger partial charge in [-0.25, -0.2) is 9.97 Å². The summed E-state index contributed by atoms with van der Waals surface area (Å²) in [7, 11) is 1.59. The van der Waals surface area contributed by atoms with Crippen LogP contribution in [-0.4, -0.2) is 64.4 Å². The molecular formula is C25H28ClN5O3. The Morgan fingerprint density at radius 1 is 1.15 bits per heavy atom. The number of benzene rings is 2. The highest BCUT2D eigenvalue weighted by molar-refractivity contribution is 6.36. The monoisotopic (exact) mass is 481 g/mol. The molecule has 1 atom stereocenters. The number of nitrogens with one attached hydrogen (secondary N) is 2. The van der Waals surface area contributed by atoms with Crippen molar-refractivity contribution >= 4 is 44.9 Å². The quantitative estimate of drug-likeness (QED) is 0.334. The van der Waals surface area contributed by atoms with Crippen molar-refractivity contribution in [2.45, 2.75) is 25.4 Å². The number of hydrogen-bond donors (Lipinski definition) is 3. The zero-order valence-electron chi connectivity index (χ0n) is 19.1. The highest BCUT2D eigenvalue weighted by atomic mass is 35.5. The van der Waals surface area contributed by atoms with Crippen molar-refractivity contribution in [2.24, 2.45) is 0 Å². The first-order valence-corrected chi connectivity index (χ1v) is 11.9. The lowest BCUT2D eigenvalue weighted by Gasteiger charge is -2.28. The number of methoxy groups -OCH3 is 1. The number of H-pyrrole nitrogens is 1. The lowest BCUT2D eigenvalue weighted by molar-refractivity contribution is 0.0609. The summed E-state index contributed by atoms with van der Waals surface area (Å²) in [5.41, 5.74) is 2.45. The van der Waals surface area contributed by atoms with E-state index in [0.29, 0.717) is 34.4 Å². The molecule has 0 saturated carbocycles. The smallest absolute Gasteiger partial charge is 0.163 e. The number of anilines is 2. The Labute approximate surface area is 202 Å². The SMILES string of the molecule is COc1cc2c(Nc3cccc4c(Cl)c[nH]c34)ncnc2cc1OC[C@@H](O)CN1CCCCC1. The molecule has 3 N–H and O–H groups in total.